The summed E-state index contributed by atoms with van der Waals surface area (Å²) in [4.78, 5) is 13.9. The maximum absolute atomic E-state index is 13.7. The van der Waals surface area contributed by atoms with Crippen LogP contribution in [0.5, 0.6) is 5.75 Å². The molecule has 0 bridgehead atoms. The third-order valence-corrected chi connectivity index (χ3v) is 7.37. The Morgan fingerprint density at radius 1 is 0.976 bits per heavy atom. The molecule has 2 N–H and O–H groups in total. The monoisotopic (exact) mass is 596 g/mol. The van der Waals surface area contributed by atoms with Gasteiger partial charge in [0.1, 0.15) is 11.9 Å². The SMILES string of the molecule is COc1ccc(N)cc1C1=C(CN2C(=O)O[C@H](c3cc(C(F)(F)F)cc(C(F)(F)F)c3)[C@@H]2C)CC(C(F)(F)F)CC1. The number of carbonyl (C=O) groups is 1. The third kappa shape index (κ3) is 6.35. The van der Waals surface area contributed by atoms with E-state index in [-0.39, 0.29) is 24.5 Å². The van der Waals surface area contributed by atoms with Crippen molar-refractivity contribution in [3.63, 3.8) is 0 Å². The number of halogens is 9. The van der Waals surface area contributed by atoms with Crippen molar-refractivity contribution < 1.29 is 53.8 Å². The second-order valence-corrected chi connectivity index (χ2v) is 10.0. The van der Waals surface area contributed by atoms with Crippen molar-refractivity contribution in [1.82, 2.24) is 4.90 Å². The van der Waals surface area contributed by atoms with Gasteiger partial charge in [0.15, 0.2) is 0 Å². The van der Waals surface area contributed by atoms with Crippen molar-refractivity contribution in [2.45, 2.75) is 56.9 Å². The lowest BCUT2D eigenvalue weighted by Crippen LogP contribution is -2.36. The number of nitrogens with two attached hydrogens (primary N) is 1. The van der Waals surface area contributed by atoms with E-state index in [2.05, 4.69) is 0 Å². The van der Waals surface area contributed by atoms with Crippen LogP contribution in [-0.4, -0.2) is 36.9 Å². The first-order valence-electron chi connectivity index (χ1n) is 12.4. The predicted octanol–water partition coefficient (Wildman–Crippen LogP) is 8.01. The summed E-state index contributed by atoms with van der Waals surface area (Å²) in [6, 6.07) is 4.38. The lowest BCUT2D eigenvalue weighted by Gasteiger charge is -2.32. The molecular formula is C27H25F9N2O3. The zero-order valence-corrected chi connectivity index (χ0v) is 21.7. The van der Waals surface area contributed by atoms with Crippen LogP contribution in [0, 0.1) is 5.92 Å². The van der Waals surface area contributed by atoms with Crippen molar-refractivity contribution in [3.05, 3.63) is 64.2 Å². The highest BCUT2D eigenvalue weighted by Crippen LogP contribution is 2.47. The first-order chi connectivity index (χ1) is 18.9. The summed E-state index contributed by atoms with van der Waals surface area (Å²) in [5.41, 5.74) is 3.59. The maximum atomic E-state index is 13.7. The molecule has 0 spiro atoms. The van der Waals surface area contributed by atoms with E-state index >= 15 is 0 Å². The smallest absolute Gasteiger partial charge is 0.416 e. The molecule has 5 nitrogen and oxygen atoms in total. The molecule has 1 amide bonds. The number of amides is 1. The van der Waals surface area contributed by atoms with Crippen molar-refractivity contribution in [3.8, 4) is 5.75 Å². The molecule has 1 saturated heterocycles. The Labute approximate surface area is 228 Å². The molecule has 224 valence electrons. The Hall–Kier alpha value is -3.58. The molecule has 4 rings (SSSR count). The summed E-state index contributed by atoms with van der Waals surface area (Å²) < 4.78 is 132. The highest BCUT2D eigenvalue weighted by Gasteiger charge is 2.46. The van der Waals surface area contributed by atoms with Crippen LogP contribution in [0.4, 0.5) is 50.0 Å². The van der Waals surface area contributed by atoms with Gasteiger partial charge in [-0.25, -0.2) is 4.79 Å². The molecule has 2 aromatic rings. The first-order valence-corrected chi connectivity index (χ1v) is 12.4. The van der Waals surface area contributed by atoms with Gasteiger partial charge in [0.2, 0.25) is 0 Å². The average molecular weight is 596 g/mol. The van der Waals surface area contributed by atoms with E-state index < -0.39 is 72.3 Å². The molecule has 0 aromatic heterocycles. The molecule has 2 aliphatic rings. The van der Waals surface area contributed by atoms with Gasteiger partial charge < -0.3 is 15.2 Å². The number of nitrogen functional groups attached to an aromatic ring is 1. The van der Waals surface area contributed by atoms with Gasteiger partial charge in [-0.05, 0) is 79.3 Å². The van der Waals surface area contributed by atoms with Gasteiger partial charge in [0.25, 0.3) is 0 Å². The normalized spacial score (nSPS) is 22.3. The minimum Gasteiger partial charge on any atom is -0.496 e. The number of anilines is 1. The second kappa shape index (κ2) is 10.7. The lowest BCUT2D eigenvalue weighted by atomic mass is 9.80. The Kier molecular flexibility index (Phi) is 7.91. The zero-order chi connectivity index (χ0) is 30.5. The number of benzene rings is 2. The van der Waals surface area contributed by atoms with E-state index in [0.717, 1.165) is 4.90 Å². The number of rotatable bonds is 5. The fraction of sp³-hybridized carbons (Fsp3) is 0.444. The summed E-state index contributed by atoms with van der Waals surface area (Å²) in [5.74, 6) is -1.40. The number of carbonyl (C=O) groups excluding carboxylic acids is 1. The maximum Gasteiger partial charge on any atom is 0.416 e. The Balaban J connectivity index is 1.74. The summed E-state index contributed by atoms with van der Waals surface area (Å²) in [7, 11) is 1.37. The standard InChI is InChI=1S/C27H25F9N2O3/c1-13-23(14-7-17(26(31,32)33)10-18(8-14)27(34,35)36)41-24(39)38(13)12-15-9-16(25(28,29)30)3-5-20(15)21-11-19(37)4-6-22(21)40-2/h4,6-8,10-11,13,16,23H,3,5,9,12,37H2,1-2H3/t13-,16?,23-/m0/s1. The lowest BCUT2D eigenvalue weighted by molar-refractivity contribution is -0.176. The Bertz CT molecular complexity index is 1320. The quantitative estimate of drug-likeness (QED) is 0.281. The van der Waals surface area contributed by atoms with Crippen LogP contribution in [0.15, 0.2) is 42.0 Å². The number of cyclic esters (lactones) is 1. The number of nitrogens with zero attached hydrogens (tertiary/aromatic N) is 1. The van der Waals surface area contributed by atoms with E-state index in [9.17, 15) is 44.3 Å². The van der Waals surface area contributed by atoms with Crippen molar-refractivity contribution >= 4 is 17.4 Å². The van der Waals surface area contributed by atoms with Crippen molar-refractivity contribution in [2.75, 3.05) is 19.4 Å². The largest absolute Gasteiger partial charge is 0.496 e. The van der Waals surface area contributed by atoms with Crippen LogP contribution in [0.1, 0.15) is 54.5 Å². The molecule has 1 unspecified atom stereocenters. The van der Waals surface area contributed by atoms with Crippen LogP contribution < -0.4 is 10.5 Å². The van der Waals surface area contributed by atoms with E-state index in [1.807, 2.05) is 0 Å². The van der Waals surface area contributed by atoms with Gasteiger partial charge in [0, 0.05) is 17.8 Å². The fourth-order valence-electron chi connectivity index (χ4n) is 5.25. The summed E-state index contributed by atoms with van der Waals surface area (Å²) in [6.45, 7) is 0.940. The summed E-state index contributed by atoms with van der Waals surface area (Å²) in [6.07, 6.45) is -18.2. The van der Waals surface area contributed by atoms with Crippen LogP contribution >= 0.6 is 0 Å². The molecule has 1 aliphatic carbocycles. The van der Waals surface area contributed by atoms with Gasteiger partial charge in [0.05, 0.1) is 30.2 Å². The van der Waals surface area contributed by atoms with E-state index in [1.165, 1.54) is 20.1 Å². The predicted molar refractivity (Wildman–Crippen MR) is 130 cm³/mol. The summed E-state index contributed by atoms with van der Waals surface area (Å²) in [5, 5.41) is 0. The fourth-order valence-corrected chi connectivity index (χ4v) is 5.25. The molecule has 41 heavy (non-hydrogen) atoms. The van der Waals surface area contributed by atoms with Gasteiger partial charge in [-0.2, -0.15) is 39.5 Å². The summed E-state index contributed by atoms with van der Waals surface area (Å²) >= 11 is 0. The van der Waals surface area contributed by atoms with E-state index in [1.54, 1.807) is 12.1 Å². The Morgan fingerprint density at radius 2 is 1.59 bits per heavy atom. The van der Waals surface area contributed by atoms with E-state index in [4.69, 9.17) is 15.2 Å². The highest BCUT2D eigenvalue weighted by atomic mass is 19.4. The van der Waals surface area contributed by atoms with Gasteiger partial charge in [-0.1, -0.05) is 0 Å². The minimum atomic E-state index is -5.12. The molecule has 1 aliphatic heterocycles. The molecule has 3 atom stereocenters. The molecule has 2 aromatic carbocycles. The van der Waals surface area contributed by atoms with Crippen LogP contribution in [0.25, 0.3) is 5.57 Å². The topological polar surface area (TPSA) is 64.8 Å². The van der Waals surface area contributed by atoms with Crippen molar-refractivity contribution in [2.24, 2.45) is 5.92 Å². The van der Waals surface area contributed by atoms with Crippen LogP contribution in [-0.2, 0) is 17.1 Å². The number of allylic oxidation sites excluding steroid dienone is 1. The molecule has 0 radical (unpaired) electrons. The number of methoxy groups -OCH3 is 1. The van der Waals surface area contributed by atoms with E-state index in [0.29, 0.717) is 34.7 Å². The number of alkyl halides is 9. The van der Waals surface area contributed by atoms with Gasteiger partial charge in [-0.15, -0.1) is 0 Å². The van der Waals surface area contributed by atoms with Crippen LogP contribution in [0.3, 0.4) is 0 Å². The molecule has 1 fully saturated rings. The molecule has 0 saturated carbocycles. The molecule has 14 heteroatoms. The Morgan fingerprint density at radius 3 is 2.12 bits per heavy atom. The minimum absolute atomic E-state index is 0.0391. The van der Waals surface area contributed by atoms with Gasteiger partial charge >= 0.3 is 24.6 Å². The highest BCUT2D eigenvalue weighted by molar-refractivity contribution is 5.78. The first kappa shape index (κ1) is 30.4. The van der Waals surface area contributed by atoms with Crippen LogP contribution in [0.2, 0.25) is 0 Å². The van der Waals surface area contributed by atoms with Crippen molar-refractivity contribution in [1.29, 1.82) is 0 Å². The number of hydrogen-bond donors (Lipinski definition) is 1. The second-order valence-electron chi connectivity index (χ2n) is 10.0. The van der Waals surface area contributed by atoms with Gasteiger partial charge in [-0.3, -0.25) is 4.90 Å². The number of ether oxygens (including phenoxy) is 2. The number of hydrogen-bond acceptors (Lipinski definition) is 4. The third-order valence-electron chi connectivity index (χ3n) is 7.37. The molecule has 1 heterocycles. The zero-order valence-electron chi connectivity index (χ0n) is 21.7. The average Bonchev–Trinajstić information content (AvgIpc) is 3.15. The molecular weight excluding hydrogens is 571 g/mol.